The average molecular weight is 582 g/mol. The lowest BCUT2D eigenvalue weighted by Crippen LogP contribution is -2.30. The largest absolute Gasteiger partial charge is 0.503 e. The molecule has 0 radical (unpaired) electrons. The predicted molar refractivity (Wildman–Crippen MR) is 151 cm³/mol. The molecule has 1 aliphatic heterocycles. The molecule has 1 aliphatic rings. The van der Waals surface area contributed by atoms with E-state index in [0.717, 1.165) is 11.1 Å². The van der Waals surface area contributed by atoms with Gasteiger partial charge in [-0.1, -0.05) is 94.8 Å². The van der Waals surface area contributed by atoms with E-state index in [4.69, 9.17) is 23.2 Å². The molecule has 7 nitrogen and oxygen atoms in total. The molecule has 4 aromatic rings. The van der Waals surface area contributed by atoms with Crippen molar-refractivity contribution in [3.63, 3.8) is 0 Å². The molecule has 0 fully saturated rings. The van der Waals surface area contributed by atoms with Crippen LogP contribution in [0.2, 0.25) is 10.0 Å². The molecule has 1 atom stereocenters. The normalized spacial score (nSPS) is 15.6. The molecule has 1 amide bonds. The van der Waals surface area contributed by atoms with E-state index in [9.17, 15) is 14.7 Å². The fourth-order valence-electron chi connectivity index (χ4n) is 3.87. The molecule has 1 N–H and O–H groups in total. The van der Waals surface area contributed by atoms with Crippen LogP contribution in [-0.4, -0.2) is 32.0 Å². The summed E-state index contributed by atoms with van der Waals surface area (Å²) in [5, 5.41) is 20.6. The molecule has 190 valence electrons. The van der Waals surface area contributed by atoms with E-state index in [1.807, 2.05) is 36.4 Å². The summed E-state index contributed by atoms with van der Waals surface area (Å²) in [5.41, 5.74) is 2.19. The van der Waals surface area contributed by atoms with Gasteiger partial charge in [-0.15, -0.1) is 10.2 Å². The number of benzene rings is 2. The SMILES string of the molecule is O=C(/C=C/c1ccccc1)C1=C(O)C(=O)N(c2nnc(SCc3ccc(Cl)cc3Cl)s2)C1c1cccnc1. The number of allylic oxidation sites excluding steroid dienone is 1. The summed E-state index contributed by atoms with van der Waals surface area (Å²) < 4.78 is 0.590. The lowest BCUT2D eigenvalue weighted by molar-refractivity contribution is -0.117. The Morgan fingerprint density at radius 3 is 2.66 bits per heavy atom. The van der Waals surface area contributed by atoms with Crippen LogP contribution in [0.25, 0.3) is 6.08 Å². The standard InChI is InChI=1S/C27H18Cl2N4O3S2/c28-19-10-9-18(20(29)13-19)15-37-27-32-31-26(38-27)33-23(17-7-4-12-30-14-17)22(24(35)25(33)36)21(34)11-8-16-5-2-1-3-6-16/h1-14,23,35H,15H2/b11-8+. The third-order valence-electron chi connectivity index (χ3n) is 5.67. The number of aromatic nitrogens is 3. The van der Waals surface area contributed by atoms with Gasteiger partial charge in [0.25, 0.3) is 5.91 Å². The zero-order valence-electron chi connectivity index (χ0n) is 19.5. The van der Waals surface area contributed by atoms with Crippen molar-refractivity contribution in [2.45, 2.75) is 16.1 Å². The van der Waals surface area contributed by atoms with Gasteiger partial charge in [-0.2, -0.15) is 0 Å². The molecular weight excluding hydrogens is 563 g/mol. The maximum absolute atomic E-state index is 13.3. The second kappa shape index (κ2) is 11.5. The first-order valence-corrected chi connectivity index (χ1v) is 13.8. The molecule has 1 unspecified atom stereocenters. The summed E-state index contributed by atoms with van der Waals surface area (Å²) in [6.45, 7) is 0. The number of rotatable bonds is 8. The lowest BCUT2D eigenvalue weighted by atomic mass is 9.97. The summed E-state index contributed by atoms with van der Waals surface area (Å²) in [7, 11) is 0. The number of amides is 1. The Labute approximate surface area is 236 Å². The number of ketones is 1. The minimum absolute atomic E-state index is 0.0486. The first-order chi connectivity index (χ1) is 18.4. The number of carbonyl (C=O) groups excluding carboxylic acids is 2. The van der Waals surface area contributed by atoms with Crippen LogP contribution in [0, 0.1) is 0 Å². The van der Waals surface area contributed by atoms with Crippen molar-refractivity contribution in [1.82, 2.24) is 15.2 Å². The van der Waals surface area contributed by atoms with E-state index in [2.05, 4.69) is 15.2 Å². The molecule has 3 heterocycles. The molecular formula is C27H18Cl2N4O3S2. The van der Waals surface area contributed by atoms with E-state index in [0.29, 0.717) is 25.7 Å². The van der Waals surface area contributed by atoms with Crippen molar-refractivity contribution in [2.24, 2.45) is 0 Å². The van der Waals surface area contributed by atoms with Gasteiger partial charge in [0.05, 0.1) is 11.6 Å². The number of anilines is 1. The first-order valence-electron chi connectivity index (χ1n) is 11.3. The first kappa shape index (κ1) is 26.1. The summed E-state index contributed by atoms with van der Waals surface area (Å²) in [6, 6.07) is 17.1. The van der Waals surface area contributed by atoms with Crippen LogP contribution in [0.1, 0.15) is 22.7 Å². The van der Waals surface area contributed by atoms with E-state index in [1.54, 1.807) is 42.7 Å². The van der Waals surface area contributed by atoms with Crippen LogP contribution in [0.3, 0.4) is 0 Å². The molecule has 0 bridgehead atoms. The summed E-state index contributed by atoms with van der Waals surface area (Å²) in [6.07, 6.45) is 6.12. The Kier molecular flexibility index (Phi) is 7.90. The highest BCUT2D eigenvalue weighted by Gasteiger charge is 2.45. The average Bonchev–Trinajstić information content (AvgIpc) is 3.50. The van der Waals surface area contributed by atoms with Gasteiger partial charge in [0.2, 0.25) is 5.13 Å². The van der Waals surface area contributed by atoms with Gasteiger partial charge in [0, 0.05) is 28.2 Å². The van der Waals surface area contributed by atoms with Crippen molar-refractivity contribution in [2.75, 3.05) is 4.90 Å². The van der Waals surface area contributed by atoms with Gasteiger partial charge in [0.1, 0.15) is 0 Å². The maximum atomic E-state index is 13.3. The van der Waals surface area contributed by atoms with E-state index >= 15 is 0 Å². The predicted octanol–water partition coefficient (Wildman–Crippen LogP) is 6.71. The molecule has 0 saturated heterocycles. The fourth-order valence-corrected chi connectivity index (χ4v) is 6.30. The minimum Gasteiger partial charge on any atom is -0.503 e. The molecule has 38 heavy (non-hydrogen) atoms. The summed E-state index contributed by atoms with van der Waals surface area (Å²) in [5.74, 6) is -1.34. The molecule has 0 saturated carbocycles. The van der Waals surface area contributed by atoms with Crippen LogP contribution < -0.4 is 4.90 Å². The maximum Gasteiger partial charge on any atom is 0.296 e. The number of halogens is 2. The van der Waals surface area contributed by atoms with E-state index in [1.165, 1.54) is 34.1 Å². The van der Waals surface area contributed by atoms with Crippen molar-refractivity contribution in [3.8, 4) is 0 Å². The van der Waals surface area contributed by atoms with Crippen LogP contribution in [0.5, 0.6) is 0 Å². The lowest BCUT2D eigenvalue weighted by Gasteiger charge is -2.23. The number of carbonyl (C=O) groups is 2. The Hall–Kier alpha value is -3.50. The van der Waals surface area contributed by atoms with Gasteiger partial charge in [-0.3, -0.25) is 19.5 Å². The number of nitrogens with zero attached hydrogens (tertiary/aromatic N) is 4. The smallest absolute Gasteiger partial charge is 0.296 e. The Morgan fingerprint density at radius 1 is 1.11 bits per heavy atom. The Bertz CT molecular complexity index is 1560. The molecule has 5 rings (SSSR count). The topological polar surface area (TPSA) is 96.3 Å². The van der Waals surface area contributed by atoms with Crippen molar-refractivity contribution in [3.05, 3.63) is 117 Å². The molecule has 11 heteroatoms. The molecule has 0 spiro atoms. The summed E-state index contributed by atoms with van der Waals surface area (Å²) >= 11 is 14.8. The monoisotopic (exact) mass is 580 g/mol. The highest BCUT2D eigenvalue weighted by Crippen LogP contribution is 2.43. The van der Waals surface area contributed by atoms with Crippen molar-refractivity contribution < 1.29 is 14.7 Å². The quantitative estimate of drug-likeness (QED) is 0.140. The molecule has 2 aromatic carbocycles. The number of thioether (sulfide) groups is 1. The highest BCUT2D eigenvalue weighted by atomic mass is 35.5. The second-order valence-electron chi connectivity index (χ2n) is 8.11. The number of hydrogen-bond acceptors (Lipinski definition) is 8. The Morgan fingerprint density at radius 2 is 1.92 bits per heavy atom. The van der Waals surface area contributed by atoms with Crippen molar-refractivity contribution >= 4 is 69.2 Å². The fraction of sp³-hybridized carbons (Fsp3) is 0.0741. The van der Waals surface area contributed by atoms with Crippen molar-refractivity contribution in [1.29, 1.82) is 0 Å². The number of aliphatic hydroxyl groups is 1. The zero-order chi connectivity index (χ0) is 26.6. The van der Waals surface area contributed by atoms with Crippen LogP contribution in [-0.2, 0) is 15.3 Å². The third kappa shape index (κ3) is 5.51. The van der Waals surface area contributed by atoms with Gasteiger partial charge in [0.15, 0.2) is 15.9 Å². The third-order valence-corrected chi connectivity index (χ3v) is 8.36. The van der Waals surface area contributed by atoms with Gasteiger partial charge >= 0.3 is 0 Å². The number of aliphatic hydroxyl groups excluding tert-OH is 1. The van der Waals surface area contributed by atoms with Gasteiger partial charge < -0.3 is 5.11 Å². The Balaban J connectivity index is 1.43. The minimum atomic E-state index is -0.916. The van der Waals surface area contributed by atoms with Gasteiger partial charge in [-0.05, 0) is 41.0 Å². The van der Waals surface area contributed by atoms with Crippen LogP contribution >= 0.6 is 46.3 Å². The highest BCUT2D eigenvalue weighted by molar-refractivity contribution is 8.00. The van der Waals surface area contributed by atoms with Crippen LogP contribution in [0.15, 0.2) is 94.8 Å². The van der Waals surface area contributed by atoms with Crippen LogP contribution in [0.4, 0.5) is 5.13 Å². The van der Waals surface area contributed by atoms with E-state index in [-0.39, 0.29) is 10.7 Å². The number of pyridine rings is 1. The second-order valence-corrected chi connectivity index (χ2v) is 11.1. The van der Waals surface area contributed by atoms with E-state index < -0.39 is 23.5 Å². The molecule has 2 aromatic heterocycles. The van der Waals surface area contributed by atoms with Gasteiger partial charge in [-0.25, -0.2) is 0 Å². The number of hydrogen-bond donors (Lipinski definition) is 1. The summed E-state index contributed by atoms with van der Waals surface area (Å²) in [4.78, 5) is 32.0. The zero-order valence-corrected chi connectivity index (χ0v) is 22.6. The molecule has 0 aliphatic carbocycles.